The van der Waals surface area contributed by atoms with Crippen LogP contribution in [0.15, 0.2) is 30.0 Å². The van der Waals surface area contributed by atoms with Crippen molar-refractivity contribution in [3.63, 3.8) is 0 Å². The van der Waals surface area contributed by atoms with Crippen LogP contribution in [0.4, 0.5) is 5.69 Å². The zero-order chi connectivity index (χ0) is 18.6. The maximum Gasteiger partial charge on any atom is 0.350 e. The number of benzene rings is 1. The lowest BCUT2D eigenvalue weighted by molar-refractivity contribution is -0.222. The molecule has 1 heterocycles. The predicted molar refractivity (Wildman–Crippen MR) is 92.0 cm³/mol. The summed E-state index contributed by atoms with van der Waals surface area (Å²) in [6, 6.07) is 4.67. The molecule has 0 aliphatic carbocycles. The van der Waals surface area contributed by atoms with Gasteiger partial charge in [-0.15, -0.1) is 0 Å². The van der Waals surface area contributed by atoms with Gasteiger partial charge in [-0.3, -0.25) is 4.79 Å². The summed E-state index contributed by atoms with van der Waals surface area (Å²) in [7, 11) is 0. The predicted octanol–water partition coefficient (Wildman–Crippen LogP) is 2.61. The van der Waals surface area contributed by atoms with Gasteiger partial charge < -0.3 is 20.1 Å². The summed E-state index contributed by atoms with van der Waals surface area (Å²) in [5.74, 6) is -3.12. The van der Waals surface area contributed by atoms with Gasteiger partial charge in [0.05, 0.1) is 10.6 Å². The summed E-state index contributed by atoms with van der Waals surface area (Å²) >= 11 is 6.11. The molecule has 134 valence electrons. The van der Waals surface area contributed by atoms with E-state index in [1.165, 1.54) is 26.1 Å². The van der Waals surface area contributed by atoms with Gasteiger partial charge in [0.1, 0.15) is 0 Å². The van der Waals surface area contributed by atoms with E-state index in [0.29, 0.717) is 17.8 Å². The van der Waals surface area contributed by atoms with Crippen LogP contribution in [0.25, 0.3) is 0 Å². The Hall–Kier alpha value is -2.54. The lowest BCUT2D eigenvalue weighted by Crippen LogP contribution is -2.42. The van der Waals surface area contributed by atoms with Crippen molar-refractivity contribution in [1.29, 1.82) is 0 Å². The van der Waals surface area contributed by atoms with Crippen LogP contribution in [0, 0.1) is 0 Å². The van der Waals surface area contributed by atoms with Crippen molar-refractivity contribution in [2.75, 3.05) is 11.9 Å². The fraction of sp³-hybridized carbons (Fsp3) is 0.353. The molecule has 0 atom stereocenters. The summed E-state index contributed by atoms with van der Waals surface area (Å²) in [5.41, 5.74) is 0.571. The van der Waals surface area contributed by atoms with E-state index in [1.54, 1.807) is 12.1 Å². The van der Waals surface area contributed by atoms with Crippen molar-refractivity contribution in [1.82, 2.24) is 5.32 Å². The van der Waals surface area contributed by atoms with Crippen LogP contribution in [0.2, 0.25) is 5.02 Å². The summed E-state index contributed by atoms with van der Waals surface area (Å²) in [4.78, 5) is 35.6. The van der Waals surface area contributed by atoms with Gasteiger partial charge in [0, 0.05) is 32.3 Å². The van der Waals surface area contributed by atoms with Crippen LogP contribution >= 0.6 is 11.6 Å². The van der Waals surface area contributed by atoms with Crippen LogP contribution in [0.5, 0.6) is 0 Å². The Morgan fingerprint density at radius 2 is 1.88 bits per heavy atom. The first kappa shape index (κ1) is 18.8. The van der Waals surface area contributed by atoms with Gasteiger partial charge in [-0.2, -0.15) is 0 Å². The molecule has 0 radical (unpaired) electrons. The Morgan fingerprint density at radius 3 is 2.44 bits per heavy atom. The minimum atomic E-state index is -1.29. The van der Waals surface area contributed by atoms with E-state index >= 15 is 0 Å². The molecule has 1 aromatic rings. The molecule has 1 aliphatic rings. The Balaban J connectivity index is 2.11. The van der Waals surface area contributed by atoms with E-state index in [1.807, 2.05) is 6.92 Å². The Bertz CT molecular complexity index is 721. The lowest BCUT2D eigenvalue weighted by atomic mass is 10.2. The first-order valence-corrected chi connectivity index (χ1v) is 8.12. The number of carbonyl (C=O) groups is 3. The van der Waals surface area contributed by atoms with E-state index in [2.05, 4.69) is 10.6 Å². The third-order valence-electron chi connectivity index (χ3n) is 3.25. The standard InChI is InChI=1S/C17H19ClN2O5/c1-4-7-19-14(21)11-6-5-10(8-13(11)18)20-9-12-15(22)24-17(2,3)25-16(12)23/h5-6,8-9,20H,4,7H2,1-3H3,(H,19,21). The van der Waals surface area contributed by atoms with Crippen molar-refractivity contribution in [2.24, 2.45) is 0 Å². The van der Waals surface area contributed by atoms with Gasteiger partial charge in [0.15, 0.2) is 5.57 Å². The first-order chi connectivity index (χ1) is 11.7. The number of anilines is 1. The summed E-state index contributed by atoms with van der Waals surface area (Å²) in [6.07, 6.45) is 2.00. The lowest BCUT2D eigenvalue weighted by Gasteiger charge is -2.29. The highest BCUT2D eigenvalue weighted by molar-refractivity contribution is 6.34. The molecule has 2 rings (SSSR count). The number of rotatable bonds is 5. The van der Waals surface area contributed by atoms with Crippen molar-refractivity contribution in [3.05, 3.63) is 40.6 Å². The van der Waals surface area contributed by atoms with Crippen LogP contribution < -0.4 is 10.6 Å². The minimum Gasteiger partial charge on any atom is -0.419 e. The van der Waals surface area contributed by atoms with Crippen LogP contribution in [0.1, 0.15) is 37.6 Å². The zero-order valence-electron chi connectivity index (χ0n) is 14.1. The third kappa shape index (κ3) is 4.73. The van der Waals surface area contributed by atoms with Gasteiger partial charge in [0.25, 0.3) is 11.7 Å². The molecule has 1 aromatic carbocycles. The molecule has 0 aromatic heterocycles. The summed E-state index contributed by atoms with van der Waals surface area (Å²) < 4.78 is 9.98. The van der Waals surface area contributed by atoms with Crippen LogP contribution in [-0.2, 0) is 19.1 Å². The van der Waals surface area contributed by atoms with Gasteiger partial charge >= 0.3 is 11.9 Å². The van der Waals surface area contributed by atoms with Gasteiger partial charge in [-0.05, 0) is 24.6 Å². The number of hydrogen-bond acceptors (Lipinski definition) is 6. The van der Waals surface area contributed by atoms with Gasteiger partial charge in [-0.25, -0.2) is 9.59 Å². The Kier molecular flexibility index (Phi) is 5.69. The molecule has 2 N–H and O–H groups in total. The number of ether oxygens (including phenoxy) is 2. The largest absolute Gasteiger partial charge is 0.419 e. The normalized spacial score (nSPS) is 15.9. The highest BCUT2D eigenvalue weighted by Gasteiger charge is 2.38. The highest BCUT2D eigenvalue weighted by Crippen LogP contribution is 2.24. The zero-order valence-corrected chi connectivity index (χ0v) is 14.9. The molecule has 0 spiro atoms. The number of esters is 2. The molecule has 25 heavy (non-hydrogen) atoms. The average Bonchev–Trinajstić information content (AvgIpc) is 2.50. The van der Waals surface area contributed by atoms with Crippen LogP contribution in [-0.4, -0.2) is 30.2 Å². The smallest absolute Gasteiger partial charge is 0.350 e. The quantitative estimate of drug-likeness (QED) is 0.472. The number of nitrogens with one attached hydrogen (secondary N) is 2. The second-order valence-electron chi connectivity index (χ2n) is 5.83. The van der Waals surface area contributed by atoms with E-state index < -0.39 is 17.7 Å². The molecule has 8 heteroatoms. The maximum absolute atomic E-state index is 11.9. The van der Waals surface area contributed by atoms with Gasteiger partial charge in [0.2, 0.25) is 0 Å². The first-order valence-electron chi connectivity index (χ1n) is 7.74. The summed E-state index contributed by atoms with van der Waals surface area (Å²) in [5, 5.41) is 5.75. The van der Waals surface area contributed by atoms with E-state index in [0.717, 1.165) is 6.42 Å². The van der Waals surface area contributed by atoms with E-state index in [-0.39, 0.29) is 16.5 Å². The monoisotopic (exact) mass is 366 g/mol. The second-order valence-corrected chi connectivity index (χ2v) is 6.24. The molecule has 1 amide bonds. The van der Waals surface area contributed by atoms with Crippen LogP contribution in [0.3, 0.4) is 0 Å². The highest BCUT2D eigenvalue weighted by atomic mass is 35.5. The second kappa shape index (κ2) is 7.57. The van der Waals surface area contributed by atoms with Crippen molar-refractivity contribution < 1.29 is 23.9 Å². The number of halogens is 1. The van der Waals surface area contributed by atoms with Crippen molar-refractivity contribution >= 4 is 35.1 Å². The van der Waals surface area contributed by atoms with E-state index in [4.69, 9.17) is 21.1 Å². The van der Waals surface area contributed by atoms with Gasteiger partial charge in [-0.1, -0.05) is 18.5 Å². The summed E-state index contributed by atoms with van der Waals surface area (Å²) in [6.45, 7) is 5.44. The Labute approximate surface area is 150 Å². The number of carbonyl (C=O) groups excluding carboxylic acids is 3. The number of hydrogen-bond donors (Lipinski definition) is 2. The maximum atomic E-state index is 11.9. The molecule has 0 bridgehead atoms. The molecule has 1 aliphatic heterocycles. The molecule has 7 nitrogen and oxygen atoms in total. The molecule has 0 unspecified atom stereocenters. The third-order valence-corrected chi connectivity index (χ3v) is 3.56. The number of amides is 1. The molecule has 1 saturated heterocycles. The molecule has 0 saturated carbocycles. The van der Waals surface area contributed by atoms with Crippen molar-refractivity contribution in [3.8, 4) is 0 Å². The minimum absolute atomic E-state index is 0.243. The molecular weight excluding hydrogens is 348 g/mol. The fourth-order valence-corrected chi connectivity index (χ4v) is 2.32. The average molecular weight is 367 g/mol. The Morgan fingerprint density at radius 1 is 1.24 bits per heavy atom. The molecule has 1 fully saturated rings. The fourth-order valence-electron chi connectivity index (χ4n) is 2.06. The SMILES string of the molecule is CCCNC(=O)c1ccc(NC=C2C(=O)OC(C)(C)OC2=O)cc1Cl. The topological polar surface area (TPSA) is 93.7 Å². The molecular formula is C17H19ClN2O5. The number of cyclic esters (lactones) is 2. The van der Waals surface area contributed by atoms with Crippen molar-refractivity contribution in [2.45, 2.75) is 33.0 Å². The van der Waals surface area contributed by atoms with E-state index in [9.17, 15) is 14.4 Å².